The second kappa shape index (κ2) is 6.63. The van der Waals surface area contributed by atoms with E-state index in [1.165, 1.54) is 6.92 Å². The second-order valence-electron chi connectivity index (χ2n) is 3.13. The molecule has 0 spiro atoms. The third-order valence-electron chi connectivity index (χ3n) is 1.89. The van der Waals surface area contributed by atoms with E-state index in [-0.39, 0.29) is 24.3 Å². The standard InChI is InChI=1S/C10H18O3/c1-4-9(5-2)13-10(12)7-6-8(3)11/h9H,4-7H2,1-3H3. The van der Waals surface area contributed by atoms with E-state index < -0.39 is 0 Å². The topological polar surface area (TPSA) is 43.4 Å². The van der Waals surface area contributed by atoms with Crippen LogP contribution in [0.4, 0.5) is 0 Å². The number of rotatable bonds is 6. The minimum absolute atomic E-state index is 0.0134. The monoisotopic (exact) mass is 186 g/mol. The van der Waals surface area contributed by atoms with Crippen LogP contribution in [0.15, 0.2) is 0 Å². The average molecular weight is 186 g/mol. The Balaban J connectivity index is 3.66. The van der Waals surface area contributed by atoms with Crippen molar-refractivity contribution in [1.29, 1.82) is 0 Å². The van der Waals surface area contributed by atoms with Crippen molar-refractivity contribution >= 4 is 11.8 Å². The quantitative estimate of drug-likeness (QED) is 0.596. The molecule has 0 aliphatic carbocycles. The van der Waals surface area contributed by atoms with Gasteiger partial charge in [0.05, 0.1) is 6.42 Å². The summed E-state index contributed by atoms with van der Waals surface area (Å²) in [5, 5.41) is 0. The molecule has 0 saturated carbocycles. The summed E-state index contributed by atoms with van der Waals surface area (Å²) in [7, 11) is 0. The predicted octanol–water partition coefficient (Wildman–Crippen LogP) is 2.09. The van der Waals surface area contributed by atoms with Crippen LogP contribution in [0, 0.1) is 0 Å². The number of carbonyl (C=O) groups excluding carboxylic acids is 2. The molecular formula is C10H18O3. The average Bonchev–Trinajstić information content (AvgIpc) is 2.10. The van der Waals surface area contributed by atoms with Gasteiger partial charge in [0.2, 0.25) is 0 Å². The van der Waals surface area contributed by atoms with Crippen LogP contribution in [-0.2, 0) is 14.3 Å². The van der Waals surface area contributed by atoms with Crippen LogP contribution in [0.1, 0.15) is 46.5 Å². The number of ether oxygens (including phenoxy) is 1. The fraction of sp³-hybridized carbons (Fsp3) is 0.800. The summed E-state index contributed by atoms with van der Waals surface area (Å²) in [6.07, 6.45) is 2.19. The van der Waals surface area contributed by atoms with E-state index >= 15 is 0 Å². The minimum Gasteiger partial charge on any atom is -0.462 e. The molecule has 0 aromatic rings. The molecule has 3 heteroatoms. The van der Waals surface area contributed by atoms with Gasteiger partial charge >= 0.3 is 5.97 Å². The summed E-state index contributed by atoms with van der Waals surface area (Å²) in [6, 6.07) is 0. The summed E-state index contributed by atoms with van der Waals surface area (Å²) in [6.45, 7) is 5.43. The van der Waals surface area contributed by atoms with Crippen LogP contribution in [0.25, 0.3) is 0 Å². The SMILES string of the molecule is CCC(CC)OC(=O)CCC(C)=O. The van der Waals surface area contributed by atoms with Crippen LogP contribution < -0.4 is 0 Å². The second-order valence-corrected chi connectivity index (χ2v) is 3.13. The molecule has 0 fully saturated rings. The van der Waals surface area contributed by atoms with Gasteiger partial charge in [0.25, 0.3) is 0 Å². The number of hydrogen-bond acceptors (Lipinski definition) is 3. The molecule has 0 amide bonds. The Morgan fingerprint density at radius 1 is 1.15 bits per heavy atom. The molecule has 0 saturated heterocycles. The van der Waals surface area contributed by atoms with Crippen molar-refractivity contribution in [2.75, 3.05) is 0 Å². The highest BCUT2D eigenvalue weighted by Gasteiger charge is 2.10. The van der Waals surface area contributed by atoms with Gasteiger partial charge in [-0.05, 0) is 19.8 Å². The molecule has 0 rings (SSSR count). The Morgan fingerprint density at radius 3 is 2.08 bits per heavy atom. The number of carbonyl (C=O) groups is 2. The Kier molecular flexibility index (Phi) is 6.20. The van der Waals surface area contributed by atoms with Gasteiger partial charge in [-0.15, -0.1) is 0 Å². The lowest BCUT2D eigenvalue weighted by molar-refractivity contribution is -0.150. The lowest BCUT2D eigenvalue weighted by Crippen LogP contribution is -2.16. The largest absolute Gasteiger partial charge is 0.462 e. The highest BCUT2D eigenvalue weighted by molar-refractivity contribution is 5.81. The first-order chi connectivity index (χ1) is 6.10. The maximum atomic E-state index is 11.1. The molecule has 13 heavy (non-hydrogen) atoms. The normalized spacial score (nSPS) is 10.2. The van der Waals surface area contributed by atoms with Crippen molar-refractivity contribution < 1.29 is 14.3 Å². The van der Waals surface area contributed by atoms with E-state index in [1.807, 2.05) is 13.8 Å². The fourth-order valence-corrected chi connectivity index (χ4v) is 0.978. The summed E-state index contributed by atoms with van der Waals surface area (Å²) >= 11 is 0. The number of hydrogen-bond donors (Lipinski definition) is 0. The number of Topliss-reactive ketones (excluding diaryl/α,β-unsaturated/α-hetero) is 1. The van der Waals surface area contributed by atoms with Crippen LogP contribution in [0.5, 0.6) is 0 Å². The van der Waals surface area contributed by atoms with Crippen molar-refractivity contribution in [1.82, 2.24) is 0 Å². The van der Waals surface area contributed by atoms with E-state index in [2.05, 4.69) is 0 Å². The molecular weight excluding hydrogens is 168 g/mol. The molecule has 0 bridgehead atoms. The molecule has 0 aliphatic rings. The fourth-order valence-electron chi connectivity index (χ4n) is 0.978. The molecule has 0 heterocycles. The number of esters is 1. The van der Waals surface area contributed by atoms with Gasteiger partial charge in [-0.25, -0.2) is 0 Å². The predicted molar refractivity (Wildman–Crippen MR) is 50.4 cm³/mol. The highest BCUT2D eigenvalue weighted by Crippen LogP contribution is 2.05. The Bertz CT molecular complexity index is 171. The van der Waals surface area contributed by atoms with Gasteiger partial charge in [0.1, 0.15) is 11.9 Å². The van der Waals surface area contributed by atoms with Crippen LogP contribution in [-0.4, -0.2) is 17.9 Å². The summed E-state index contributed by atoms with van der Waals surface area (Å²) in [5.41, 5.74) is 0. The third-order valence-corrected chi connectivity index (χ3v) is 1.89. The van der Waals surface area contributed by atoms with Gasteiger partial charge in [0.15, 0.2) is 0 Å². The smallest absolute Gasteiger partial charge is 0.306 e. The Hall–Kier alpha value is -0.860. The molecule has 0 atom stereocenters. The van der Waals surface area contributed by atoms with Crippen LogP contribution in [0.3, 0.4) is 0 Å². The summed E-state index contributed by atoms with van der Waals surface area (Å²) in [5.74, 6) is -0.231. The summed E-state index contributed by atoms with van der Waals surface area (Å²) < 4.78 is 5.11. The van der Waals surface area contributed by atoms with E-state index in [0.29, 0.717) is 6.42 Å². The van der Waals surface area contributed by atoms with Crippen LogP contribution in [0.2, 0.25) is 0 Å². The van der Waals surface area contributed by atoms with Gasteiger partial charge in [-0.3, -0.25) is 4.79 Å². The molecule has 0 aliphatic heterocycles. The Morgan fingerprint density at radius 2 is 1.69 bits per heavy atom. The maximum Gasteiger partial charge on any atom is 0.306 e. The molecule has 0 radical (unpaired) electrons. The van der Waals surface area contributed by atoms with E-state index in [4.69, 9.17) is 4.74 Å². The molecule has 76 valence electrons. The van der Waals surface area contributed by atoms with Gasteiger partial charge < -0.3 is 9.53 Å². The van der Waals surface area contributed by atoms with E-state index in [1.54, 1.807) is 0 Å². The zero-order valence-electron chi connectivity index (χ0n) is 8.63. The first kappa shape index (κ1) is 12.1. The molecule has 0 aromatic heterocycles. The summed E-state index contributed by atoms with van der Waals surface area (Å²) in [4.78, 5) is 21.7. The first-order valence-corrected chi connectivity index (χ1v) is 4.79. The van der Waals surface area contributed by atoms with E-state index in [9.17, 15) is 9.59 Å². The van der Waals surface area contributed by atoms with Crippen molar-refractivity contribution in [3.63, 3.8) is 0 Å². The third kappa shape index (κ3) is 6.31. The van der Waals surface area contributed by atoms with Crippen molar-refractivity contribution in [3.8, 4) is 0 Å². The highest BCUT2D eigenvalue weighted by atomic mass is 16.5. The molecule has 0 unspecified atom stereocenters. The molecule has 0 aromatic carbocycles. The van der Waals surface area contributed by atoms with Crippen LogP contribution >= 0.6 is 0 Å². The van der Waals surface area contributed by atoms with Crippen molar-refractivity contribution in [2.45, 2.75) is 52.6 Å². The minimum atomic E-state index is -0.260. The van der Waals surface area contributed by atoms with Crippen molar-refractivity contribution in [2.24, 2.45) is 0 Å². The lowest BCUT2D eigenvalue weighted by Gasteiger charge is -2.13. The maximum absolute atomic E-state index is 11.1. The molecule has 0 N–H and O–H groups in total. The van der Waals surface area contributed by atoms with E-state index in [0.717, 1.165) is 12.8 Å². The number of ketones is 1. The zero-order chi connectivity index (χ0) is 10.3. The molecule has 3 nitrogen and oxygen atoms in total. The van der Waals surface area contributed by atoms with Gasteiger partial charge in [-0.2, -0.15) is 0 Å². The van der Waals surface area contributed by atoms with Gasteiger partial charge in [0, 0.05) is 6.42 Å². The van der Waals surface area contributed by atoms with Crippen molar-refractivity contribution in [3.05, 3.63) is 0 Å². The lowest BCUT2D eigenvalue weighted by atomic mass is 10.2. The zero-order valence-corrected chi connectivity index (χ0v) is 8.63. The Labute approximate surface area is 79.5 Å². The van der Waals surface area contributed by atoms with Gasteiger partial charge in [-0.1, -0.05) is 13.8 Å². The first-order valence-electron chi connectivity index (χ1n) is 4.79.